The lowest BCUT2D eigenvalue weighted by Gasteiger charge is -2.28. The molecule has 0 unspecified atom stereocenters. The van der Waals surface area contributed by atoms with Crippen molar-refractivity contribution in [3.05, 3.63) is 71.1 Å². The van der Waals surface area contributed by atoms with Crippen LogP contribution in [0.4, 0.5) is 16.2 Å². The average Bonchev–Trinajstić information content (AvgIpc) is 3.26. The number of rotatable bonds is 4. The number of nitrogens with zero attached hydrogens (tertiary/aromatic N) is 2. The first-order valence-electron chi connectivity index (χ1n) is 9.55. The van der Waals surface area contributed by atoms with Crippen molar-refractivity contribution < 1.29 is 14.4 Å². The lowest BCUT2D eigenvalue weighted by Crippen LogP contribution is -2.35. The van der Waals surface area contributed by atoms with Gasteiger partial charge in [-0.2, -0.15) is 0 Å². The monoisotopic (exact) mass is 390 g/mol. The molecule has 1 fully saturated rings. The van der Waals surface area contributed by atoms with E-state index in [0.29, 0.717) is 33.9 Å². The molecule has 7 nitrogen and oxygen atoms in total. The Morgan fingerprint density at radius 1 is 0.966 bits per heavy atom. The van der Waals surface area contributed by atoms with Crippen molar-refractivity contribution in [3.63, 3.8) is 0 Å². The summed E-state index contributed by atoms with van der Waals surface area (Å²) in [6.45, 7) is 1.51. The average molecular weight is 390 g/mol. The zero-order valence-corrected chi connectivity index (χ0v) is 16.1. The second-order valence-corrected chi connectivity index (χ2v) is 7.19. The number of carbonyl (C=O) groups is 3. The van der Waals surface area contributed by atoms with E-state index in [1.165, 1.54) is 4.90 Å². The van der Waals surface area contributed by atoms with E-state index >= 15 is 0 Å². The van der Waals surface area contributed by atoms with E-state index in [1.54, 1.807) is 55.6 Å². The number of urea groups is 1. The normalized spacial score (nSPS) is 16.1. The highest BCUT2D eigenvalue weighted by atomic mass is 16.2. The summed E-state index contributed by atoms with van der Waals surface area (Å²) in [6, 6.07) is 13.3. The van der Waals surface area contributed by atoms with Gasteiger partial charge >= 0.3 is 6.03 Å². The van der Waals surface area contributed by atoms with E-state index < -0.39 is 6.03 Å². The van der Waals surface area contributed by atoms with Gasteiger partial charge in [0.1, 0.15) is 11.4 Å². The fourth-order valence-corrected chi connectivity index (χ4v) is 3.76. The predicted molar refractivity (Wildman–Crippen MR) is 111 cm³/mol. The minimum absolute atomic E-state index is 0.130. The van der Waals surface area contributed by atoms with Crippen molar-refractivity contribution >= 4 is 29.0 Å². The summed E-state index contributed by atoms with van der Waals surface area (Å²) < 4.78 is 0. The molecule has 29 heavy (non-hydrogen) atoms. The number of ketones is 2. The van der Waals surface area contributed by atoms with Crippen molar-refractivity contribution in [1.82, 2.24) is 4.90 Å². The summed E-state index contributed by atoms with van der Waals surface area (Å²) in [5, 5.41) is 3.16. The van der Waals surface area contributed by atoms with E-state index in [9.17, 15) is 14.4 Å². The summed E-state index contributed by atoms with van der Waals surface area (Å²) in [5.74, 6) is -0.324. The number of hydrogen-bond acceptors (Lipinski definition) is 5. The lowest BCUT2D eigenvalue weighted by atomic mass is 9.89. The van der Waals surface area contributed by atoms with Crippen LogP contribution in [0, 0.1) is 0 Å². The van der Waals surface area contributed by atoms with Crippen LogP contribution in [0.3, 0.4) is 0 Å². The third-order valence-corrected chi connectivity index (χ3v) is 5.37. The molecule has 0 atom stereocenters. The van der Waals surface area contributed by atoms with Crippen LogP contribution >= 0.6 is 0 Å². The van der Waals surface area contributed by atoms with Gasteiger partial charge < -0.3 is 16.0 Å². The Hall–Kier alpha value is -3.61. The maximum Gasteiger partial charge on any atom is 0.318 e. The molecule has 7 heteroatoms. The Labute approximate surface area is 168 Å². The van der Waals surface area contributed by atoms with Crippen LogP contribution in [0.2, 0.25) is 0 Å². The molecule has 1 heterocycles. The van der Waals surface area contributed by atoms with Crippen molar-refractivity contribution in [2.75, 3.05) is 30.4 Å². The molecule has 0 aromatic heterocycles. The summed E-state index contributed by atoms with van der Waals surface area (Å²) in [4.78, 5) is 41.1. The standard InChI is InChI=1S/C22H22N4O3/c1-25(22(23)29)15-10-8-14(9-11-15)24-18-19(26-12-4-5-13-26)21(28)17-7-3-2-6-16(17)20(18)27/h2-3,6-11,24H,4-5,12-13H2,1H3,(H2,23,29). The number of benzene rings is 2. The summed E-state index contributed by atoms with van der Waals surface area (Å²) in [5.41, 5.74) is 8.17. The predicted octanol–water partition coefficient (Wildman–Crippen LogP) is 3.00. The van der Waals surface area contributed by atoms with Crippen molar-refractivity contribution in [1.29, 1.82) is 0 Å². The third-order valence-electron chi connectivity index (χ3n) is 5.37. The van der Waals surface area contributed by atoms with Crippen LogP contribution < -0.4 is 16.0 Å². The number of likely N-dealkylation sites (tertiary alicyclic amines) is 1. The molecule has 1 saturated heterocycles. The van der Waals surface area contributed by atoms with E-state index in [2.05, 4.69) is 5.32 Å². The number of amides is 2. The number of primary amides is 1. The smallest absolute Gasteiger partial charge is 0.318 e. The molecule has 1 aliphatic carbocycles. The number of anilines is 2. The Morgan fingerprint density at radius 3 is 2.14 bits per heavy atom. The van der Waals surface area contributed by atoms with Gasteiger partial charge in [-0.1, -0.05) is 24.3 Å². The number of hydrogen-bond donors (Lipinski definition) is 2. The van der Waals surface area contributed by atoms with Crippen LogP contribution in [0.1, 0.15) is 33.6 Å². The third kappa shape index (κ3) is 3.35. The van der Waals surface area contributed by atoms with Crippen molar-refractivity contribution in [3.8, 4) is 0 Å². The second kappa shape index (κ2) is 7.43. The minimum Gasteiger partial charge on any atom is -0.367 e. The van der Waals surface area contributed by atoms with Gasteiger partial charge in [0, 0.05) is 42.6 Å². The molecule has 3 N–H and O–H groups in total. The fourth-order valence-electron chi connectivity index (χ4n) is 3.76. The van der Waals surface area contributed by atoms with Gasteiger partial charge in [-0.15, -0.1) is 0 Å². The Kier molecular flexibility index (Phi) is 4.80. The molecule has 2 aliphatic rings. The molecule has 4 rings (SSSR count). The van der Waals surface area contributed by atoms with E-state index in [1.807, 2.05) is 4.90 Å². The number of allylic oxidation sites excluding steroid dienone is 2. The van der Waals surface area contributed by atoms with Crippen LogP contribution in [0.5, 0.6) is 0 Å². The summed E-state index contributed by atoms with van der Waals surface area (Å²) in [7, 11) is 1.58. The Morgan fingerprint density at radius 2 is 1.55 bits per heavy atom. The molecule has 2 aromatic carbocycles. The molecule has 1 aliphatic heterocycles. The first-order chi connectivity index (χ1) is 14.0. The van der Waals surface area contributed by atoms with E-state index in [4.69, 9.17) is 5.73 Å². The van der Waals surface area contributed by atoms with E-state index in [0.717, 1.165) is 25.9 Å². The zero-order chi connectivity index (χ0) is 20.5. The van der Waals surface area contributed by atoms with Gasteiger partial charge in [-0.25, -0.2) is 4.79 Å². The Balaban J connectivity index is 1.72. The quantitative estimate of drug-likeness (QED) is 0.837. The maximum atomic E-state index is 13.2. The highest BCUT2D eigenvalue weighted by Gasteiger charge is 2.36. The molecule has 2 aromatic rings. The number of carbonyl (C=O) groups excluding carboxylic acids is 3. The SMILES string of the molecule is CN(C(N)=O)c1ccc(NC2=C(N3CCCC3)C(=O)c3ccccc3C2=O)cc1. The topological polar surface area (TPSA) is 95.7 Å². The highest BCUT2D eigenvalue weighted by Crippen LogP contribution is 2.31. The zero-order valence-electron chi connectivity index (χ0n) is 16.1. The first kappa shape index (κ1) is 18.7. The molecule has 0 spiro atoms. The van der Waals surface area contributed by atoms with Gasteiger partial charge in [0.25, 0.3) is 0 Å². The summed E-state index contributed by atoms with van der Waals surface area (Å²) >= 11 is 0. The minimum atomic E-state index is -0.561. The Bertz CT molecular complexity index is 1020. The number of Topliss-reactive ketones (excluding diaryl/α,β-unsaturated/α-hetero) is 2. The molecule has 2 amide bonds. The fraction of sp³-hybridized carbons (Fsp3) is 0.227. The molecule has 0 radical (unpaired) electrons. The lowest BCUT2D eigenvalue weighted by molar-refractivity contribution is 0.0948. The van der Waals surface area contributed by atoms with E-state index in [-0.39, 0.29) is 11.6 Å². The molecule has 0 bridgehead atoms. The number of nitrogens with two attached hydrogens (primary N) is 1. The number of fused-ring (bicyclic) bond motifs is 1. The van der Waals surface area contributed by atoms with Gasteiger partial charge in [-0.05, 0) is 37.1 Å². The maximum absolute atomic E-state index is 13.2. The van der Waals surface area contributed by atoms with Gasteiger partial charge in [0.05, 0.1) is 0 Å². The van der Waals surface area contributed by atoms with Crippen LogP contribution in [-0.2, 0) is 0 Å². The molecule has 0 saturated carbocycles. The molecular formula is C22H22N4O3. The van der Waals surface area contributed by atoms with Gasteiger partial charge in [-0.3, -0.25) is 14.5 Å². The molecular weight excluding hydrogens is 368 g/mol. The first-order valence-corrected chi connectivity index (χ1v) is 9.55. The van der Waals surface area contributed by atoms with Crippen LogP contribution in [0.15, 0.2) is 59.9 Å². The van der Waals surface area contributed by atoms with Crippen LogP contribution in [-0.4, -0.2) is 42.6 Å². The number of nitrogens with one attached hydrogen (secondary N) is 1. The van der Waals surface area contributed by atoms with Crippen molar-refractivity contribution in [2.24, 2.45) is 5.73 Å². The van der Waals surface area contributed by atoms with Crippen LogP contribution in [0.25, 0.3) is 0 Å². The second-order valence-electron chi connectivity index (χ2n) is 7.19. The summed E-state index contributed by atoms with van der Waals surface area (Å²) in [6.07, 6.45) is 1.99. The largest absolute Gasteiger partial charge is 0.367 e. The molecule has 148 valence electrons. The van der Waals surface area contributed by atoms with Crippen molar-refractivity contribution in [2.45, 2.75) is 12.8 Å². The van der Waals surface area contributed by atoms with Gasteiger partial charge in [0.2, 0.25) is 11.6 Å². The van der Waals surface area contributed by atoms with Gasteiger partial charge in [0.15, 0.2) is 0 Å². The highest BCUT2D eigenvalue weighted by molar-refractivity contribution is 6.27.